The average Bonchev–Trinajstić information content (AvgIpc) is 2.57. The second-order valence-electron chi connectivity index (χ2n) is 3.35. The van der Waals surface area contributed by atoms with Crippen molar-refractivity contribution in [1.29, 1.82) is 0 Å². The first kappa shape index (κ1) is 11.9. The van der Waals surface area contributed by atoms with Crippen molar-refractivity contribution in [2.75, 3.05) is 0 Å². The summed E-state index contributed by atoms with van der Waals surface area (Å²) in [6.45, 7) is 2.07. The summed E-state index contributed by atoms with van der Waals surface area (Å²) in [5.74, 6) is 6.30. The Morgan fingerprint density at radius 2 is 1.75 bits per heavy atom. The van der Waals surface area contributed by atoms with Gasteiger partial charge in [-0.05, 0) is 57.0 Å². The van der Waals surface area contributed by atoms with Crippen molar-refractivity contribution in [3.63, 3.8) is 0 Å². The summed E-state index contributed by atoms with van der Waals surface area (Å²) in [7, 11) is 0. The third kappa shape index (κ3) is 2.98. The third-order valence-corrected chi connectivity index (χ3v) is 4.39. The largest absolute Gasteiger partial charge is 0.120 e. The quantitative estimate of drug-likeness (QED) is 0.584. The second kappa shape index (κ2) is 5.18. The first-order valence-electron chi connectivity index (χ1n) is 4.68. The van der Waals surface area contributed by atoms with E-state index in [4.69, 9.17) is 0 Å². The van der Waals surface area contributed by atoms with Gasteiger partial charge in [0.1, 0.15) is 0 Å². The van der Waals surface area contributed by atoms with Crippen LogP contribution in [0.3, 0.4) is 0 Å². The van der Waals surface area contributed by atoms with E-state index < -0.39 is 0 Å². The normalized spacial score (nSPS) is 9.69. The third-order valence-electron chi connectivity index (χ3n) is 2.05. The van der Waals surface area contributed by atoms with Crippen molar-refractivity contribution < 1.29 is 0 Å². The molecule has 2 aromatic rings. The van der Waals surface area contributed by atoms with Crippen LogP contribution in [0.5, 0.6) is 0 Å². The first-order chi connectivity index (χ1) is 7.65. The van der Waals surface area contributed by atoms with Gasteiger partial charge in [-0.2, -0.15) is 0 Å². The molecule has 0 N–H and O–H groups in total. The Balaban J connectivity index is 2.28. The van der Waals surface area contributed by atoms with Crippen molar-refractivity contribution >= 4 is 43.2 Å². The molecule has 1 heterocycles. The van der Waals surface area contributed by atoms with Crippen molar-refractivity contribution in [2.45, 2.75) is 6.92 Å². The van der Waals surface area contributed by atoms with Gasteiger partial charge in [-0.15, -0.1) is 11.3 Å². The Hall–Kier alpha value is -0.560. The fraction of sp³-hybridized carbons (Fsp3) is 0.0769. The highest BCUT2D eigenvalue weighted by Gasteiger charge is 2.01. The van der Waals surface area contributed by atoms with E-state index in [9.17, 15) is 0 Å². The van der Waals surface area contributed by atoms with E-state index in [0.29, 0.717) is 0 Å². The van der Waals surface area contributed by atoms with Crippen LogP contribution in [0.15, 0.2) is 37.9 Å². The monoisotopic (exact) mass is 354 g/mol. The van der Waals surface area contributed by atoms with Gasteiger partial charge in [-0.3, -0.25) is 0 Å². The summed E-state index contributed by atoms with van der Waals surface area (Å²) >= 11 is 8.57. The summed E-state index contributed by atoms with van der Waals surface area (Å²) in [5.41, 5.74) is 3.32. The minimum atomic E-state index is 1.03. The average molecular weight is 356 g/mol. The Labute approximate surface area is 116 Å². The number of aryl methyl sites for hydroxylation is 1. The van der Waals surface area contributed by atoms with Gasteiger partial charge in [-0.25, -0.2) is 0 Å². The molecule has 2 rings (SSSR count). The van der Waals surface area contributed by atoms with E-state index in [-0.39, 0.29) is 0 Å². The van der Waals surface area contributed by atoms with Gasteiger partial charge >= 0.3 is 0 Å². The SMILES string of the molecule is Cc1ccc(C#Cc2cc(Br)sc2Br)cc1. The highest BCUT2D eigenvalue weighted by Crippen LogP contribution is 2.31. The van der Waals surface area contributed by atoms with Gasteiger partial charge in [-0.1, -0.05) is 29.5 Å². The molecular formula is C13H8Br2S. The number of hydrogen-bond acceptors (Lipinski definition) is 1. The van der Waals surface area contributed by atoms with Crippen molar-refractivity contribution in [1.82, 2.24) is 0 Å². The molecule has 0 saturated heterocycles. The minimum absolute atomic E-state index is 1.03. The predicted molar refractivity (Wildman–Crippen MR) is 76.9 cm³/mol. The van der Waals surface area contributed by atoms with Crippen LogP contribution in [0, 0.1) is 18.8 Å². The van der Waals surface area contributed by atoms with Crippen LogP contribution in [-0.4, -0.2) is 0 Å². The molecule has 0 fully saturated rings. The van der Waals surface area contributed by atoms with E-state index >= 15 is 0 Å². The van der Waals surface area contributed by atoms with Crippen LogP contribution in [0.25, 0.3) is 0 Å². The van der Waals surface area contributed by atoms with Crippen molar-refractivity contribution in [2.24, 2.45) is 0 Å². The standard InChI is InChI=1S/C13H8Br2S/c1-9-2-4-10(5-3-9)6-7-11-8-12(14)16-13(11)15/h2-5,8H,1H3. The second-order valence-corrected chi connectivity index (χ2v) is 7.10. The van der Waals surface area contributed by atoms with Gasteiger partial charge in [0, 0.05) is 5.56 Å². The zero-order valence-corrected chi connectivity index (χ0v) is 12.5. The fourth-order valence-corrected chi connectivity index (χ4v) is 3.87. The van der Waals surface area contributed by atoms with Gasteiger partial charge in [0.2, 0.25) is 0 Å². The molecule has 0 radical (unpaired) electrons. The number of hydrogen-bond donors (Lipinski definition) is 0. The number of halogens is 2. The summed E-state index contributed by atoms with van der Waals surface area (Å²) in [6.07, 6.45) is 0. The van der Waals surface area contributed by atoms with E-state index in [1.54, 1.807) is 11.3 Å². The molecule has 0 aliphatic rings. The summed E-state index contributed by atoms with van der Waals surface area (Å²) in [4.78, 5) is 0. The molecule has 0 atom stereocenters. The predicted octanol–water partition coefficient (Wildman–Crippen LogP) is 4.98. The molecule has 0 nitrogen and oxygen atoms in total. The number of benzene rings is 1. The fourth-order valence-electron chi connectivity index (χ4n) is 1.20. The summed E-state index contributed by atoms with van der Waals surface area (Å²) in [6, 6.07) is 10.2. The number of thiophene rings is 1. The van der Waals surface area contributed by atoms with Crippen LogP contribution in [0.4, 0.5) is 0 Å². The molecule has 0 aliphatic carbocycles. The number of rotatable bonds is 0. The molecule has 3 heteroatoms. The first-order valence-corrected chi connectivity index (χ1v) is 7.09. The topological polar surface area (TPSA) is 0 Å². The van der Waals surface area contributed by atoms with Gasteiger partial charge in [0.05, 0.1) is 13.1 Å². The molecule has 1 aromatic carbocycles. The van der Waals surface area contributed by atoms with Crippen LogP contribution in [0.2, 0.25) is 0 Å². The molecule has 1 aromatic heterocycles. The lowest BCUT2D eigenvalue weighted by Gasteiger charge is -1.91. The Morgan fingerprint density at radius 3 is 2.31 bits per heavy atom. The van der Waals surface area contributed by atoms with Crippen LogP contribution < -0.4 is 0 Å². The van der Waals surface area contributed by atoms with E-state index in [1.807, 2.05) is 18.2 Å². The molecule has 0 unspecified atom stereocenters. The molecule has 16 heavy (non-hydrogen) atoms. The van der Waals surface area contributed by atoms with Crippen molar-refractivity contribution in [3.05, 3.63) is 54.6 Å². The summed E-state index contributed by atoms with van der Waals surface area (Å²) < 4.78 is 2.16. The Morgan fingerprint density at radius 1 is 1.06 bits per heavy atom. The van der Waals surface area contributed by atoms with Crippen LogP contribution >= 0.6 is 43.2 Å². The molecule has 80 valence electrons. The summed E-state index contributed by atoms with van der Waals surface area (Å²) in [5, 5.41) is 0. The van der Waals surface area contributed by atoms with Gasteiger partial charge in [0.25, 0.3) is 0 Å². The maximum absolute atomic E-state index is 3.49. The molecular weight excluding hydrogens is 348 g/mol. The van der Waals surface area contributed by atoms with E-state index in [2.05, 4.69) is 62.8 Å². The highest BCUT2D eigenvalue weighted by atomic mass is 79.9. The lowest BCUT2D eigenvalue weighted by Crippen LogP contribution is -1.75. The van der Waals surface area contributed by atoms with Crippen LogP contribution in [-0.2, 0) is 0 Å². The lowest BCUT2D eigenvalue weighted by molar-refractivity contribution is 1.46. The maximum atomic E-state index is 3.49. The van der Waals surface area contributed by atoms with E-state index in [0.717, 1.165) is 18.7 Å². The smallest absolute Gasteiger partial charge is 0.0866 e. The Bertz CT molecular complexity index is 556. The molecule has 0 aliphatic heterocycles. The minimum Gasteiger partial charge on any atom is -0.120 e. The highest BCUT2D eigenvalue weighted by molar-refractivity contribution is 9.12. The lowest BCUT2D eigenvalue weighted by atomic mass is 10.1. The zero-order valence-electron chi connectivity index (χ0n) is 8.55. The van der Waals surface area contributed by atoms with Gasteiger partial charge in [0.15, 0.2) is 0 Å². The molecule has 0 saturated carbocycles. The molecule has 0 spiro atoms. The zero-order chi connectivity index (χ0) is 11.5. The molecule has 0 amide bonds. The Kier molecular flexibility index (Phi) is 3.86. The van der Waals surface area contributed by atoms with Gasteiger partial charge < -0.3 is 0 Å². The molecule has 0 bridgehead atoms. The van der Waals surface area contributed by atoms with Crippen LogP contribution in [0.1, 0.15) is 16.7 Å². The van der Waals surface area contributed by atoms with Crippen molar-refractivity contribution in [3.8, 4) is 11.8 Å². The van der Waals surface area contributed by atoms with E-state index in [1.165, 1.54) is 5.56 Å². The maximum Gasteiger partial charge on any atom is 0.0866 e.